The fourth-order valence-electron chi connectivity index (χ4n) is 1.54. The minimum atomic E-state index is 0.256. The van der Waals surface area contributed by atoms with Crippen LogP contribution in [-0.4, -0.2) is 12.1 Å². The van der Waals surface area contributed by atoms with Crippen molar-refractivity contribution in [3.63, 3.8) is 0 Å². The summed E-state index contributed by atoms with van der Waals surface area (Å²) in [4.78, 5) is 4.13. The molecular formula is C13H8Br2ClN3O. The zero-order valence-corrected chi connectivity index (χ0v) is 14.2. The number of methoxy groups -OCH3 is 1. The first-order valence-corrected chi connectivity index (χ1v) is 7.37. The Kier molecular flexibility index (Phi) is 4.86. The van der Waals surface area contributed by atoms with Crippen molar-refractivity contribution in [3.8, 4) is 11.8 Å². The van der Waals surface area contributed by atoms with E-state index >= 15 is 0 Å². The molecule has 0 aliphatic rings. The largest absolute Gasteiger partial charge is 0.495 e. The fourth-order valence-corrected chi connectivity index (χ4v) is 3.01. The van der Waals surface area contributed by atoms with Crippen molar-refractivity contribution in [2.24, 2.45) is 0 Å². The number of hydrogen-bond donors (Lipinski definition) is 1. The van der Waals surface area contributed by atoms with Crippen LogP contribution >= 0.6 is 43.5 Å². The van der Waals surface area contributed by atoms with Gasteiger partial charge in [-0.15, -0.1) is 0 Å². The number of benzene rings is 1. The van der Waals surface area contributed by atoms with Gasteiger partial charge in [-0.05, 0) is 50.1 Å². The number of hydrogen-bond acceptors (Lipinski definition) is 4. The Morgan fingerprint density at radius 2 is 2.00 bits per heavy atom. The lowest BCUT2D eigenvalue weighted by Gasteiger charge is -2.11. The summed E-state index contributed by atoms with van der Waals surface area (Å²) in [5, 5.41) is 12.3. The molecule has 1 N–H and O–H groups in total. The number of pyridine rings is 1. The van der Waals surface area contributed by atoms with E-state index in [2.05, 4.69) is 42.2 Å². The molecule has 2 aromatic rings. The number of ether oxygens (including phenoxy) is 1. The smallest absolute Gasteiger partial charge is 0.135 e. The van der Waals surface area contributed by atoms with E-state index in [1.165, 1.54) is 6.07 Å². The van der Waals surface area contributed by atoms with Crippen molar-refractivity contribution < 1.29 is 4.74 Å². The maximum absolute atomic E-state index is 8.93. The third kappa shape index (κ3) is 3.42. The molecule has 7 heteroatoms. The maximum Gasteiger partial charge on any atom is 0.135 e. The minimum absolute atomic E-state index is 0.256. The highest BCUT2D eigenvalue weighted by atomic mass is 79.9. The van der Waals surface area contributed by atoms with Gasteiger partial charge >= 0.3 is 0 Å². The van der Waals surface area contributed by atoms with Crippen LogP contribution in [0.4, 0.5) is 11.5 Å². The summed E-state index contributed by atoms with van der Waals surface area (Å²) in [5.41, 5.74) is 1.19. The molecule has 0 saturated heterocycles. The van der Waals surface area contributed by atoms with Crippen LogP contribution in [0.2, 0.25) is 5.15 Å². The molecule has 0 amide bonds. The predicted molar refractivity (Wildman–Crippen MR) is 85.6 cm³/mol. The van der Waals surface area contributed by atoms with Gasteiger partial charge in [-0.2, -0.15) is 5.26 Å². The quantitative estimate of drug-likeness (QED) is 0.723. The molecule has 0 atom stereocenters. The van der Waals surface area contributed by atoms with Gasteiger partial charge in [-0.25, -0.2) is 4.98 Å². The van der Waals surface area contributed by atoms with Gasteiger partial charge in [0.05, 0.1) is 28.9 Å². The number of anilines is 2. The Morgan fingerprint density at radius 1 is 1.25 bits per heavy atom. The standard InChI is InChI=1S/C13H8Br2ClN3O/c1-20-11-5-10(8(14)4-9(11)15)18-13-3-7(6-17)2-12(16)19-13/h2-5H,1H3,(H,18,19). The molecule has 0 spiro atoms. The third-order valence-electron chi connectivity index (χ3n) is 2.43. The van der Waals surface area contributed by atoms with E-state index in [1.54, 1.807) is 13.2 Å². The van der Waals surface area contributed by atoms with Crippen LogP contribution in [0.3, 0.4) is 0 Å². The first kappa shape index (κ1) is 15.1. The molecule has 102 valence electrons. The Bertz CT molecular complexity index is 701. The van der Waals surface area contributed by atoms with Crippen LogP contribution in [0, 0.1) is 11.3 Å². The average molecular weight is 417 g/mol. The zero-order chi connectivity index (χ0) is 14.7. The lowest BCUT2D eigenvalue weighted by Crippen LogP contribution is -1.97. The Labute approximate surface area is 138 Å². The molecule has 0 aliphatic carbocycles. The molecule has 1 aromatic heterocycles. The van der Waals surface area contributed by atoms with Crippen molar-refractivity contribution in [3.05, 3.63) is 43.9 Å². The Balaban J connectivity index is 2.40. The second-order valence-electron chi connectivity index (χ2n) is 3.77. The van der Waals surface area contributed by atoms with Crippen molar-refractivity contribution >= 4 is 55.0 Å². The molecule has 1 heterocycles. The molecule has 20 heavy (non-hydrogen) atoms. The van der Waals surface area contributed by atoms with E-state index in [-0.39, 0.29) is 5.15 Å². The summed E-state index contributed by atoms with van der Waals surface area (Å²) in [7, 11) is 1.59. The molecule has 2 rings (SSSR count). The van der Waals surface area contributed by atoms with Crippen LogP contribution in [-0.2, 0) is 0 Å². The molecule has 0 radical (unpaired) electrons. The van der Waals surface area contributed by atoms with Crippen molar-refractivity contribution in [1.29, 1.82) is 5.26 Å². The second kappa shape index (κ2) is 6.44. The molecule has 0 unspecified atom stereocenters. The number of halogens is 3. The number of nitrogens with zero attached hydrogens (tertiary/aromatic N) is 2. The number of aromatic nitrogens is 1. The van der Waals surface area contributed by atoms with Gasteiger partial charge in [-0.1, -0.05) is 11.6 Å². The van der Waals surface area contributed by atoms with Gasteiger partial charge < -0.3 is 10.1 Å². The molecule has 4 nitrogen and oxygen atoms in total. The van der Waals surface area contributed by atoms with E-state index in [4.69, 9.17) is 21.6 Å². The normalized spacial score (nSPS) is 9.95. The van der Waals surface area contributed by atoms with Crippen LogP contribution in [0.1, 0.15) is 5.56 Å². The van der Waals surface area contributed by atoms with Gasteiger partial charge in [0.15, 0.2) is 0 Å². The predicted octanol–water partition coefficient (Wildman–Crippen LogP) is 4.88. The summed E-state index contributed by atoms with van der Waals surface area (Å²) in [5.74, 6) is 1.16. The summed E-state index contributed by atoms with van der Waals surface area (Å²) in [6, 6.07) is 8.82. The maximum atomic E-state index is 8.93. The second-order valence-corrected chi connectivity index (χ2v) is 5.86. The summed E-state index contributed by atoms with van der Waals surface area (Å²) in [6.45, 7) is 0. The molecule has 0 aliphatic heterocycles. The highest BCUT2D eigenvalue weighted by molar-refractivity contribution is 9.11. The van der Waals surface area contributed by atoms with Crippen molar-refractivity contribution in [1.82, 2.24) is 4.98 Å². The SMILES string of the molecule is COc1cc(Nc2cc(C#N)cc(Cl)n2)c(Br)cc1Br. The first-order valence-electron chi connectivity index (χ1n) is 5.41. The van der Waals surface area contributed by atoms with E-state index in [0.29, 0.717) is 17.1 Å². The monoisotopic (exact) mass is 415 g/mol. The van der Waals surface area contributed by atoms with E-state index in [1.807, 2.05) is 18.2 Å². The number of nitriles is 1. The average Bonchev–Trinajstić information content (AvgIpc) is 2.41. The van der Waals surface area contributed by atoms with E-state index < -0.39 is 0 Å². The molecule has 1 aromatic carbocycles. The van der Waals surface area contributed by atoms with E-state index in [0.717, 1.165) is 14.6 Å². The summed E-state index contributed by atoms with van der Waals surface area (Å²) < 4.78 is 6.89. The fraction of sp³-hybridized carbons (Fsp3) is 0.0769. The topological polar surface area (TPSA) is 57.9 Å². The minimum Gasteiger partial charge on any atom is -0.495 e. The molecule has 0 fully saturated rings. The van der Waals surface area contributed by atoms with Gasteiger partial charge in [0.25, 0.3) is 0 Å². The van der Waals surface area contributed by atoms with Crippen molar-refractivity contribution in [2.45, 2.75) is 0 Å². The van der Waals surface area contributed by atoms with Crippen molar-refractivity contribution in [2.75, 3.05) is 12.4 Å². The highest BCUT2D eigenvalue weighted by Crippen LogP contribution is 2.35. The summed E-state index contributed by atoms with van der Waals surface area (Å²) in [6.07, 6.45) is 0. The van der Waals surface area contributed by atoms with Crippen LogP contribution in [0.5, 0.6) is 5.75 Å². The zero-order valence-electron chi connectivity index (χ0n) is 10.2. The van der Waals surface area contributed by atoms with Gasteiger partial charge in [0.1, 0.15) is 16.7 Å². The van der Waals surface area contributed by atoms with Crippen LogP contribution < -0.4 is 10.1 Å². The first-order chi connectivity index (χ1) is 9.53. The Hall–Kier alpha value is -1.29. The van der Waals surface area contributed by atoms with Gasteiger partial charge in [0, 0.05) is 10.5 Å². The summed E-state index contributed by atoms with van der Waals surface area (Å²) >= 11 is 12.7. The van der Waals surface area contributed by atoms with Crippen LogP contribution in [0.15, 0.2) is 33.2 Å². The van der Waals surface area contributed by atoms with Gasteiger partial charge in [-0.3, -0.25) is 0 Å². The molecular weight excluding hydrogens is 409 g/mol. The lowest BCUT2D eigenvalue weighted by molar-refractivity contribution is 0.412. The Morgan fingerprint density at radius 3 is 2.65 bits per heavy atom. The third-order valence-corrected chi connectivity index (χ3v) is 3.90. The molecule has 0 bridgehead atoms. The van der Waals surface area contributed by atoms with Crippen LogP contribution in [0.25, 0.3) is 0 Å². The number of nitrogens with one attached hydrogen (secondary N) is 1. The highest BCUT2D eigenvalue weighted by Gasteiger charge is 2.09. The van der Waals surface area contributed by atoms with E-state index in [9.17, 15) is 0 Å². The molecule has 0 saturated carbocycles. The van der Waals surface area contributed by atoms with Gasteiger partial charge in [0.2, 0.25) is 0 Å². The lowest BCUT2D eigenvalue weighted by atomic mass is 10.2. The number of rotatable bonds is 3.